The smallest absolute Gasteiger partial charge is 0.312 e. The normalized spacial score (nSPS) is 14.7. The average molecular weight is 440 g/mol. The zero-order valence-electron chi connectivity index (χ0n) is 16.5. The summed E-state index contributed by atoms with van der Waals surface area (Å²) in [6.45, 7) is 2.65. The molecule has 0 unspecified atom stereocenters. The fourth-order valence-electron chi connectivity index (χ4n) is 3.49. The molecule has 1 N–H and O–H groups in total. The van der Waals surface area contributed by atoms with Gasteiger partial charge in [0.05, 0.1) is 11.3 Å². The number of carbonyl (C=O) groups is 1. The summed E-state index contributed by atoms with van der Waals surface area (Å²) >= 11 is 0. The Hall–Kier alpha value is -2.39. The van der Waals surface area contributed by atoms with E-state index in [0.717, 1.165) is 35.4 Å². The number of hydrogen-bond acceptors (Lipinski definition) is 3. The Morgan fingerprint density at radius 3 is 2.53 bits per heavy atom. The number of nitrogens with zero attached hydrogens (tertiary/aromatic N) is 1. The Balaban J connectivity index is 1.69. The number of anilines is 1. The van der Waals surface area contributed by atoms with Crippen LogP contribution in [-0.2, 0) is 39.7 Å². The van der Waals surface area contributed by atoms with Crippen LogP contribution in [0.25, 0.3) is 0 Å². The molecule has 0 radical (unpaired) electrons. The molecule has 9 heteroatoms. The summed E-state index contributed by atoms with van der Waals surface area (Å²) in [6, 6.07) is 9.75. The minimum atomic E-state index is -4.52. The van der Waals surface area contributed by atoms with E-state index in [4.69, 9.17) is 0 Å². The van der Waals surface area contributed by atoms with E-state index in [1.807, 2.05) is 19.1 Å². The van der Waals surface area contributed by atoms with Gasteiger partial charge in [-0.05, 0) is 41.7 Å². The highest BCUT2D eigenvalue weighted by Crippen LogP contribution is 2.30. The number of amides is 1. The Morgan fingerprint density at radius 1 is 1.07 bits per heavy atom. The van der Waals surface area contributed by atoms with Crippen molar-refractivity contribution in [3.8, 4) is 0 Å². The predicted octanol–water partition coefficient (Wildman–Crippen LogP) is 4.01. The number of halogens is 3. The first-order valence-electron chi connectivity index (χ1n) is 9.64. The van der Waals surface area contributed by atoms with Gasteiger partial charge in [-0.25, -0.2) is 13.1 Å². The van der Waals surface area contributed by atoms with Crippen molar-refractivity contribution < 1.29 is 26.4 Å². The van der Waals surface area contributed by atoms with Crippen LogP contribution in [0.5, 0.6) is 0 Å². The largest absolute Gasteiger partial charge is 0.416 e. The van der Waals surface area contributed by atoms with E-state index in [1.165, 1.54) is 12.1 Å². The summed E-state index contributed by atoms with van der Waals surface area (Å²) in [4.78, 5) is 13.9. The molecule has 0 atom stereocenters. The standard InChI is InChI=1S/C21H23F3N2O3S/c1-2-10-26-19-8-6-15(11-17(19)7-9-20(26)27)13-25-30(28,29)14-16-4-3-5-18(12-16)21(22,23)24/h3-6,8,11-12,25H,2,7,9-10,13-14H2,1H3. The molecule has 5 nitrogen and oxygen atoms in total. The van der Waals surface area contributed by atoms with E-state index in [1.54, 1.807) is 11.0 Å². The topological polar surface area (TPSA) is 66.5 Å². The van der Waals surface area contributed by atoms with E-state index in [0.29, 0.717) is 19.4 Å². The molecule has 2 aromatic carbocycles. The molecular weight excluding hydrogens is 417 g/mol. The molecule has 1 aliphatic heterocycles. The second kappa shape index (κ2) is 8.77. The molecule has 0 aliphatic carbocycles. The number of nitrogens with one attached hydrogen (secondary N) is 1. The molecule has 0 saturated carbocycles. The summed E-state index contributed by atoms with van der Waals surface area (Å²) in [5.41, 5.74) is 1.75. The van der Waals surface area contributed by atoms with Gasteiger partial charge in [0.1, 0.15) is 0 Å². The molecule has 1 aliphatic rings. The minimum absolute atomic E-state index is 0.0241. The number of alkyl halides is 3. The Labute approximate surface area is 173 Å². The number of benzene rings is 2. The van der Waals surface area contributed by atoms with Crippen LogP contribution in [0.3, 0.4) is 0 Å². The van der Waals surface area contributed by atoms with Crippen molar-refractivity contribution in [1.29, 1.82) is 0 Å². The zero-order valence-corrected chi connectivity index (χ0v) is 17.3. The lowest BCUT2D eigenvalue weighted by Gasteiger charge is -2.29. The third-order valence-corrected chi connectivity index (χ3v) is 6.20. The van der Waals surface area contributed by atoms with Gasteiger partial charge in [0.25, 0.3) is 0 Å². The Bertz CT molecular complexity index is 1040. The maximum Gasteiger partial charge on any atom is 0.416 e. The molecule has 2 aromatic rings. The Kier molecular flexibility index (Phi) is 6.52. The molecule has 0 fully saturated rings. The molecule has 1 amide bonds. The van der Waals surface area contributed by atoms with Gasteiger partial charge < -0.3 is 4.90 Å². The third kappa shape index (κ3) is 5.40. The van der Waals surface area contributed by atoms with E-state index in [2.05, 4.69) is 4.72 Å². The highest BCUT2D eigenvalue weighted by Gasteiger charge is 2.30. The highest BCUT2D eigenvalue weighted by atomic mass is 32.2. The second-order valence-electron chi connectivity index (χ2n) is 7.29. The first-order valence-corrected chi connectivity index (χ1v) is 11.3. The van der Waals surface area contributed by atoms with Crippen LogP contribution in [0, 0.1) is 0 Å². The van der Waals surface area contributed by atoms with Gasteiger partial charge in [-0.15, -0.1) is 0 Å². The van der Waals surface area contributed by atoms with Crippen molar-refractivity contribution in [3.05, 3.63) is 64.7 Å². The lowest BCUT2D eigenvalue weighted by atomic mass is 9.98. The van der Waals surface area contributed by atoms with Gasteiger partial charge in [0, 0.05) is 25.2 Å². The summed E-state index contributed by atoms with van der Waals surface area (Å²) in [6.07, 6.45) is -2.68. The minimum Gasteiger partial charge on any atom is -0.312 e. The van der Waals surface area contributed by atoms with E-state index < -0.39 is 27.5 Å². The van der Waals surface area contributed by atoms with Crippen LogP contribution in [-0.4, -0.2) is 20.9 Å². The van der Waals surface area contributed by atoms with Gasteiger partial charge in [-0.2, -0.15) is 13.2 Å². The van der Waals surface area contributed by atoms with Gasteiger partial charge in [0.15, 0.2) is 0 Å². The number of aryl methyl sites for hydroxylation is 1. The van der Waals surface area contributed by atoms with Crippen molar-refractivity contribution in [2.45, 2.75) is 44.7 Å². The predicted molar refractivity (Wildman–Crippen MR) is 108 cm³/mol. The van der Waals surface area contributed by atoms with Crippen molar-refractivity contribution >= 4 is 21.6 Å². The number of carbonyl (C=O) groups excluding carboxylic acids is 1. The lowest BCUT2D eigenvalue weighted by molar-refractivity contribution is -0.137. The molecule has 1 heterocycles. The molecule has 0 aromatic heterocycles. The van der Waals surface area contributed by atoms with E-state index in [-0.39, 0.29) is 18.0 Å². The molecule has 30 heavy (non-hydrogen) atoms. The van der Waals surface area contributed by atoms with Crippen molar-refractivity contribution in [2.24, 2.45) is 0 Å². The summed E-state index contributed by atoms with van der Waals surface area (Å²) in [7, 11) is -3.83. The number of rotatable bonds is 7. The third-order valence-electron chi connectivity index (χ3n) is 4.90. The maximum atomic E-state index is 12.8. The van der Waals surface area contributed by atoms with Crippen LogP contribution in [0.1, 0.15) is 42.0 Å². The summed E-state index contributed by atoms with van der Waals surface area (Å²) in [5.74, 6) is -0.459. The lowest BCUT2D eigenvalue weighted by Crippen LogP contribution is -2.35. The quantitative estimate of drug-likeness (QED) is 0.707. The van der Waals surface area contributed by atoms with E-state index in [9.17, 15) is 26.4 Å². The fourth-order valence-corrected chi connectivity index (χ4v) is 4.60. The highest BCUT2D eigenvalue weighted by molar-refractivity contribution is 7.88. The molecule has 0 saturated heterocycles. The van der Waals surface area contributed by atoms with Crippen LogP contribution in [0.2, 0.25) is 0 Å². The monoisotopic (exact) mass is 440 g/mol. The van der Waals surface area contributed by atoms with Crippen LogP contribution in [0.4, 0.5) is 18.9 Å². The first kappa shape index (κ1) is 22.3. The van der Waals surface area contributed by atoms with Gasteiger partial charge in [-0.3, -0.25) is 4.79 Å². The van der Waals surface area contributed by atoms with Crippen LogP contribution < -0.4 is 9.62 Å². The van der Waals surface area contributed by atoms with E-state index >= 15 is 0 Å². The Morgan fingerprint density at radius 2 is 1.83 bits per heavy atom. The van der Waals surface area contributed by atoms with Gasteiger partial charge >= 0.3 is 6.18 Å². The van der Waals surface area contributed by atoms with Crippen molar-refractivity contribution in [2.75, 3.05) is 11.4 Å². The van der Waals surface area contributed by atoms with Crippen molar-refractivity contribution in [1.82, 2.24) is 4.72 Å². The molecule has 3 rings (SSSR count). The number of fused-ring (bicyclic) bond motifs is 1. The van der Waals surface area contributed by atoms with Gasteiger partial charge in [-0.1, -0.05) is 37.3 Å². The van der Waals surface area contributed by atoms with Crippen molar-refractivity contribution in [3.63, 3.8) is 0 Å². The molecule has 0 spiro atoms. The fraction of sp³-hybridized carbons (Fsp3) is 0.381. The van der Waals surface area contributed by atoms with Crippen LogP contribution in [0.15, 0.2) is 42.5 Å². The molecule has 162 valence electrons. The summed E-state index contributed by atoms with van der Waals surface area (Å²) < 4.78 is 65.6. The molecular formula is C21H23F3N2O3S. The number of sulfonamides is 1. The molecule has 0 bridgehead atoms. The average Bonchev–Trinajstić information content (AvgIpc) is 2.68. The maximum absolute atomic E-state index is 12.8. The SMILES string of the molecule is CCCN1C(=O)CCc2cc(CNS(=O)(=O)Cc3cccc(C(F)(F)F)c3)ccc21. The van der Waals surface area contributed by atoms with Gasteiger partial charge in [0.2, 0.25) is 15.9 Å². The number of hydrogen-bond donors (Lipinski definition) is 1. The first-order chi connectivity index (χ1) is 14.1. The zero-order chi connectivity index (χ0) is 21.9. The summed E-state index contributed by atoms with van der Waals surface area (Å²) in [5, 5.41) is 0. The second-order valence-corrected chi connectivity index (χ2v) is 9.09. The van der Waals surface area contributed by atoms with Crippen LogP contribution >= 0.6 is 0 Å².